The summed E-state index contributed by atoms with van der Waals surface area (Å²) in [6.45, 7) is 1.38. The van der Waals surface area contributed by atoms with Crippen LogP contribution in [0.1, 0.15) is 25.7 Å². The summed E-state index contributed by atoms with van der Waals surface area (Å²) < 4.78 is 10.9. The van der Waals surface area contributed by atoms with Gasteiger partial charge >= 0.3 is 0 Å². The smallest absolute Gasteiger partial charge is 0.157 e. The zero-order valence-corrected chi connectivity index (χ0v) is 9.68. The summed E-state index contributed by atoms with van der Waals surface area (Å²) in [5.74, 6) is -0.0535. The molecule has 1 unspecified atom stereocenters. The molecule has 4 heteroatoms. The maximum atomic E-state index is 8.84. The minimum Gasteiger partial charge on any atom is -0.396 e. The van der Waals surface area contributed by atoms with Gasteiger partial charge in [-0.05, 0) is 25.7 Å². The molecule has 0 amide bonds. The molecule has 1 aliphatic heterocycles. The van der Waals surface area contributed by atoms with E-state index in [4.69, 9.17) is 19.7 Å². The fourth-order valence-corrected chi connectivity index (χ4v) is 1.57. The molecule has 0 saturated carbocycles. The van der Waals surface area contributed by atoms with Crippen LogP contribution in [0.15, 0.2) is 12.2 Å². The van der Waals surface area contributed by atoms with E-state index in [1.807, 2.05) is 12.2 Å². The lowest BCUT2D eigenvalue weighted by molar-refractivity contribution is -0.155. The van der Waals surface area contributed by atoms with E-state index in [9.17, 15) is 0 Å². The number of ether oxygens (including phenoxy) is 2. The van der Waals surface area contributed by atoms with Gasteiger partial charge in [-0.3, -0.25) is 0 Å². The summed E-state index contributed by atoms with van der Waals surface area (Å²) in [5, 5.41) is 17.7. The lowest BCUT2D eigenvalue weighted by Crippen LogP contribution is -2.22. The van der Waals surface area contributed by atoms with Crippen LogP contribution in [0.25, 0.3) is 0 Å². The minimum absolute atomic E-state index is 0.0213. The third-order valence-electron chi connectivity index (χ3n) is 2.67. The van der Waals surface area contributed by atoms with Crippen LogP contribution in [0.2, 0.25) is 0 Å². The zero-order chi connectivity index (χ0) is 11.6. The summed E-state index contributed by atoms with van der Waals surface area (Å²) in [7, 11) is 0. The van der Waals surface area contributed by atoms with E-state index in [-0.39, 0.29) is 25.4 Å². The van der Waals surface area contributed by atoms with Crippen molar-refractivity contribution in [1.29, 1.82) is 0 Å². The first-order valence-corrected chi connectivity index (χ1v) is 5.96. The monoisotopic (exact) mass is 230 g/mol. The van der Waals surface area contributed by atoms with Crippen LogP contribution in [0.5, 0.6) is 0 Å². The number of hydrogen-bond donors (Lipinski definition) is 2. The molecule has 0 aromatic rings. The van der Waals surface area contributed by atoms with Gasteiger partial charge in [0.15, 0.2) is 6.29 Å². The predicted octanol–water partition coefficient (Wildman–Crippen LogP) is 1.08. The van der Waals surface area contributed by atoms with Crippen LogP contribution in [0, 0.1) is 5.92 Å². The lowest BCUT2D eigenvalue weighted by atomic mass is 10.1. The van der Waals surface area contributed by atoms with Crippen molar-refractivity contribution in [3.63, 3.8) is 0 Å². The molecule has 0 bridgehead atoms. The molecule has 0 spiro atoms. The van der Waals surface area contributed by atoms with Crippen molar-refractivity contribution in [3.05, 3.63) is 12.2 Å². The Kier molecular flexibility index (Phi) is 7.42. The first kappa shape index (κ1) is 13.6. The Labute approximate surface area is 96.9 Å². The molecule has 4 nitrogen and oxygen atoms in total. The van der Waals surface area contributed by atoms with E-state index in [0.29, 0.717) is 13.0 Å². The van der Waals surface area contributed by atoms with E-state index in [1.165, 1.54) is 6.42 Å². The summed E-state index contributed by atoms with van der Waals surface area (Å²) in [6, 6.07) is 0. The van der Waals surface area contributed by atoms with Crippen molar-refractivity contribution in [2.75, 3.05) is 26.4 Å². The molecule has 1 saturated heterocycles. The number of aliphatic hydroxyl groups excluding tert-OH is 2. The molecule has 2 N–H and O–H groups in total. The molecule has 0 radical (unpaired) electrons. The molecule has 0 aromatic heterocycles. The summed E-state index contributed by atoms with van der Waals surface area (Å²) in [5.41, 5.74) is 0. The topological polar surface area (TPSA) is 58.9 Å². The van der Waals surface area contributed by atoms with Gasteiger partial charge in [0.1, 0.15) is 0 Å². The quantitative estimate of drug-likeness (QED) is 0.642. The molecule has 1 fully saturated rings. The SMILES string of the molecule is OCC(CO)C/C=C\COC1CCCCO1. The molecule has 0 aliphatic carbocycles. The minimum atomic E-state index is -0.0535. The van der Waals surface area contributed by atoms with E-state index in [0.717, 1.165) is 19.4 Å². The average molecular weight is 230 g/mol. The molecule has 1 rings (SSSR count). The van der Waals surface area contributed by atoms with E-state index in [1.54, 1.807) is 0 Å². The molecule has 1 atom stereocenters. The second kappa shape index (κ2) is 8.70. The molecule has 0 aromatic carbocycles. The third-order valence-corrected chi connectivity index (χ3v) is 2.67. The van der Waals surface area contributed by atoms with Gasteiger partial charge in [-0.1, -0.05) is 12.2 Å². The zero-order valence-electron chi connectivity index (χ0n) is 9.68. The van der Waals surface area contributed by atoms with Gasteiger partial charge in [0.25, 0.3) is 0 Å². The summed E-state index contributed by atoms with van der Waals surface area (Å²) in [6.07, 6.45) is 7.75. The fourth-order valence-electron chi connectivity index (χ4n) is 1.57. The van der Waals surface area contributed by atoms with Crippen molar-refractivity contribution < 1.29 is 19.7 Å². The van der Waals surface area contributed by atoms with Crippen molar-refractivity contribution in [2.45, 2.75) is 32.0 Å². The Balaban J connectivity index is 2.02. The Morgan fingerprint density at radius 3 is 2.69 bits per heavy atom. The Hall–Kier alpha value is -0.420. The van der Waals surface area contributed by atoms with Crippen molar-refractivity contribution in [2.24, 2.45) is 5.92 Å². The third kappa shape index (κ3) is 5.61. The lowest BCUT2D eigenvalue weighted by Gasteiger charge is -2.21. The van der Waals surface area contributed by atoms with Crippen LogP contribution in [0.3, 0.4) is 0 Å². The Bertz CT molecular complexity index is 183. The van der Waals surface area contributed by atoms with Crippen LogP contribution in [-0.4, -0.2) is 42.9 Å². The van der Waals surface area contributed by atoms with Crippen LogP contribution in [-0.2, 0) is 9.47 Å². The fraction of sp³-hybridized carbons (Fsp3) is 0.833. The van der Waals surface area contributed by atoms with Gasteiger partial charge in [-0.25, -0.2) is 0 Å². The average Bonchev–Trinajstić information content (AvgIpc) is 2.35. The second-order valence-corrected chi connectivity index (χ2v) is 4.07. The Morgan fingerprint density at radius 1 is 1.25 bits per heavy atom. The molecule has 16 heavy (non-hydrogen) atoms. The highest BCUT2D eigenvalue weighted by atomic mass is 16.7. The van der Waals surface area contributed by atoms with Gasteiger partial charge < -0.3 is 19.7 Å². The van der Waals surface area contributed by atoms with Crippen molar-refractivity contribution >= 4 is 0 Å². The largest absolute Gasteiger partial charge is 0.396 e. The van der Waals surface area contributed by atoms with Gasteiger partial charge in [-0.15, -0.1) is 0 Å². The molecule has 94 valence electrons. The van der Waals surface area contributed by atoms with E-state index < -0.39 is 0 Å². The first-order valence-electron chi connectivity index (χ1n) is 5.96. The standard InChI is InChI=1S/C12H22O4/c13-9-11(10-14)5-1-3-7-15-12-6-2-4-8-16-12/h1,3,11-14H,2,4-10H2/b3-1-. The predicted molar refractivity (Wildman–Crippen MR) is 61.0 cm³/mol. The Morgan fingerprint density at radius 2 is 2.06 bits per heavy atom. The summed E-state index contributed by atoms with van der Waals surface area (Å²) in [4.78, 5) is 0. The molecular formula is C12H22O4. The first-order chi connectivity index (χ1) is 7.86. The normalized spacial score (nSPS) is 22.1. The van der Waals surface area contributed by atoms with Gasteiger partial charge in [-0.2, -0.15) is 0 Å². The number of rotatable bonds is 7. The number of allylic oxidation sites excluding steroid dienone is 1. The molecular weight excluding hydrogens is 208 g/mol. The van der Waals surface area contributed by atoms with Crippen LogP contribution >= 0.6 is 0 Å². The van der Waals surface area contributed by atoms with E-state index >= 15 is 0 Å². The molecule has 1 aliphatic rings. The number of aliphatic hydroxyl groups is 2. The van der Waals surface area contributed by atoms with Crippen LogP contribution in [0.4, 0.5) is 0 Å². The van der Waals surface area contributed by atoms with Gasteiger partial charge in [0.05, 0.1) is 6.61 Å². The van der Waals surface area contributed by atoms with Crippen molar-refractivity contribution in [3.8, 4) is 0 Å². The highest BCUT2D eigenvalue weighted by Crippen LogP contribution is 2.13. The maximum Gasteiger partial charge on any atom is 0.157 e. The maximum absolute atomic E-state index is 8.84. The molecule has 1 heterocycles. The van der Waals surface area contributed by atoms with Crippen LogP contribution < -0.4 is 0 Å². The van der Waals surface area contributed by atoms with Gasteiger partial charge in [0, 0.05) is 25.7 Å². The second-order valence-electron chi connectivity index (χ2n) is 4.07. The van der Waals surface area contributed by atoms with Crippen molar-refractivity contribution in [1.82, 2.24) is 0 Å². The highest BCUT2D eigenvalue weighted by Gasteiger charge is 2.12. The van der Waals surface area contributed by atoms with Gasteiger partial charge in [0.2, 0.25) is 0 Å². The highest BCUT2D eigenvalue weighted by molar-refractivity contribution is 4.84. The number of hydrogen-bond acceptors (Lipinski definition) is 4. The summed E-state index contributed by atoms with van der Waals surface area (Å²) >= 11 is 0. The van der Waals surface area contributed by atoms with E-state index in [2.05, 4.69) is 0 Å².